The average molecular weight is 345 g/mol. The van der Waals surface area contributed by atoms with Crippen molar-refractivity contribution in [3.63, 3.8) is 0 Å². The number of hydrogen-bond acceptors (Lipinski definition) is 1. The van der Waals surface area contributed by atoms with E-state index in [2.05, 4.69) is 26.0 Å². The number of para-hydroxylation sites is 1. The largest absolute Gasteiger partial charge is 0.465 e. The molecule has 0 aliphatic heterocycles. The highest BCUT2D eigenvalue weighted by Gasteiger charge is 1.95. The maximum absolute atomic E-state index is 5.67. The molecule has 0 spiro atoms. The quantitative estimate of drug-likeness (QED) is 0.216. The Morgan fingerprint density at radius 3 is 1.80 bits per heavy atom. The summed E-state index contributed by atoms with van der Waals surface area (Å²) in [4.78, 5) is 0. The van der Waals surface area contributed by atoms with E-state index < -0.39 is 0 Å². The Labute approximate surface area is 156 Å². The van der Waals surface area contributed by atoms with E-state index in [-0.39, 0.29) is 0 Å². The van der Waals surface area contributed by atoms with Gasteiger partial charge in [-0.2, -0.15) is 0 Å². The molecule has 0 fully saturated rings. The zero-order valence-corrected chi connectivity index (χ0v) is 16.8. The SMILES string of the molecule is CCCCCCCCCCCCCCC/C=C/Oc1ccccc1C. The smallest absolute Gasteiger partial charge is 0.129 e. The van der Waals surface area contributed by atoms with Crippen LogP contribution in [0.4, 0.5) is 0 Å². The lowest BCUT2D eigenvalue weighted by molar-refractivity contribution is 0.473. The third kappa shape index (κ3) is 12.7. The van der Waals surface area contributed by atoms with Crippen molar-refractivity contribution >= 4 is 0 Å². The molecule has 142 valence electrons. The van der Waals surface area contributed by atoms with Gasteiger partial charge in [-0.05, 0) is 37.5 Å². The van der Waals surface area contributed by atoms with Gasteiger partial charge >= 0.3 is 0 Å². The Balaban J connectivity index is 1.81. The van der Waals surface area contributed by atoms with Crippen molar-refractivity contribution in [3.05, 3.63) is 42.2 Å². The van der Waals surface area contributed by atoms with Crippen LogP contribution in [0.25, 0.3) is 0 Å². The predicted molar refractivity (Wildman–Crippen MR) is 111 cm³/mol. The molecule has 0 unspecified atom stereocenters. The molecule has 1 aromatic carbocycles. The average Bonchev–Trinajstić information content (AvgIpc) is 2.63. The highest BCUT2D eigenvalue weighted by atomic mass is 16.5. The maximum Gasteiger partial charge on any atom is 0.129 e. The van der Waals surface area contributed by atoms with E-state index in [0.717, 1.165) is 12.2 Å². The fraction of sp³-hybridized carbons (Fsp3) is 0.667. The van der Waals surface area contributed by atoms with E-state index in [1.807, 2.05) is 24.5 Å². The van der Waals surface area contributed by atoms with Gasteiger partial charge in [0.05, 0.1) is 6.26 Å². The molecule has 0 saturated heterocycles. The zero-order chi connectivity index (χ0) is 18.0. The van der Waals surface area contributed by atoms with Gasteiger partial charge in [0, 0.05) is 0 Å². The first kappa shape index (κ1) is 21.8. The van der Waals surface area contributed by atoms with Crippen molar-refractivity contribution < 1.29 is 4.74 Å². The van der Waals surface area contributed by atoms with E-state index in [4.69, 9.17) is 4.74 Å². The van der Waals surface area contributed by atoms with Gasteiger partial charge < -0.3 is 4.74 Å². The van der Waals surface area contributed by atoms with Gasteiger partial charge in [-0.1, -0.05) is 102 Å². The van der Waals surface area contributed by atoms with Crippen molar-refractivity contribution in [2.24, 2.45) is 0 Å². The molecule has 1 nitrogen and oxygen atoms in total. The minimum absolute atomic E-state index is 0.962. The second kappa shape index (κ2) is 16.2. The maximum atomic E-state index is 5.67. The molecule has 0 N–H and O–H groups in total. The summed E-state index contributed by atoms with van der Waals surface area (Å²) in [7, 11) is 0. The first-order valence-electron chi connectivity index (χ1n) is 10.7. The predicted octanol–water partition coefficient (Wildman–Crippen LogP) is 8.37. The van der Waals surface area contributed by atoms with Crippen LogP contribution in [0.3, 0.4) is 0 Å². The Bertz CT molecular complexity index is 435. The summed E-state index contributed by atoms with van der Waals surface area (Å²) in [6, 6.07) is 8.16. The number of aryl methyl sites for hydroxylation is 1. The summed E-state index contributed by atoms with van der Waals surface area (Å²) in [5.41, 5.74) is 1.19. The molecule has 25 heavy (non-hydrogen) atoms. The van der Waals surface area contributed by atoms with Gasteiger partial charge in [0.1, 0.15) is 5.75 Å². The van der Waals surface area contributed by atoms with Gasteiger partial charge in [0.2, 0.25) is 0 Å². The Morgan fingerprint density at radius 1 is 0.720 bits per heavy atom. The van der Waals surface area contributed by atoms with Gasteiger partial charge in [-0.15, -0.1) is 0 Å². The first-order valence-corrected chi connectivity index (χ1v) is 10.7. The van der Waals surface area contributed by atoms with Crippen LogP contribution in [0.2, 0.25) is 0 Å². The minimum Gasteiger partial charge on any atom is -0.465 e. The third-order valence-electron chi connectivity index (χ3n) is 4.86. The minimum atomic E-state index is 0.962. The molecule has 0 aromatic heterocycles. The van der Waals surface area contributed by atoms with Crippen molar-refractivity contribution in [3.8, 4) is 5.75 Å². The Hall–Kier alpha value is -1.24. The van der Waals surface area contributed by atoms with E-state index >= 15 is 0 Å². The highest BCUT2D eigenvalue weighted by Crippen LogP contribution is 2.16. The standard InChI is InChI=1S/C24H40O/c1-3-4-5-6-7-8-9-10-11-12-13-14-15-16-19-22-25-24-21-18-17-20-23(24)2/h17-22H,3-16H2,1-2H3/b22-19+. The Morgan fingerprint density at radius 2 is 1.24 bits per heavy atom. The fourth-order valence-corrected chi connectivity index (χ4v) is 3.16. The van der Waals surface area contributed by atoms with Crippen molar-refractivity contribution in [1.29, 1.82) is 0 Å². The van der Waals surface area contributed by atoms with Gasteiger partial charge in [0.15, 0.2) is 0 Å². The second-order valence-electron chi connectivity index (χ2n) is 7.29. The number of hydrogen-bond donors (Lipinski definition) is 0. The fourth-order valence-electron chi connectivity index (χ4n) is 3.16. The summed E-state index contributed by atoms with van der Waals surface area (Å²) < 4.78 is 5.67. The molecule has 0 heterocycles. The van der Waals surface area contributed by atoms with Gasteiger partial charge in [0.25, 0.3) is 0 Å². The molecule has 0 radical (unpaired) electrons. The van der Waals surface area contributed by atoms with E-state index in [1.54, 1.807) is 0 Å². The molecule has 0 aliphatic rings. The molecule has 1 rings (SSSR count). The van der Waals surface area contributed by atoms with E-state index in [1.165, 1.54) is 89.0 Å². The summed E-state index contributed by atoms with van der Waals surface area (Å²) >= 11 is 0. The zero-order valence-electron chi connectivity index (χ0n) is 16.8. The van der Waals surface area contributed by atoms with Crippen molar-refractivity contribution in [1.82, 2.24) is 0 Å². The van der Waals surface area contributed by atoms with Crippen LogP contribution in [-0.2, 0) is 0 Å². The van der Waals surface area contributed by atoms with Crippen LogP contribution in [0.5, 0.6) is 5.75 Å². The lowest BCUT2D eigenvalue weighted by atomic mass is 10.0. The summed E-state index contributed by atoms with van der Waals surface area (Å²) in [5, 5.41) is 0. The van der Waals surface area contributed by atoms with Gasteiger partial charge in [-0.3, -0.25) is 0 Å². The highest BCUT2D eigenvalue weighted by molar-refractivity contribution is 5.32. The molecule has 0 aliphatic carbocycles. The first-order chi connectivity index (χ1) is 12.3. The number of ether oxygens (including phenoxy) is 1. The molecule has 0 saturated carbocycles. The van der Waals surface area contributed by atoms with Crippen LogP contribution in [0.1, 0.15) is 102 Å². The molecule has 0 atom stereocenters. The van der Waals surface area contributed by atoms with Crippen molar-refractivity contribution in [2.75, 3.05) is 0 Å². The lowest BCUT2D eigenvalue weighted by Gasteiger charge is -2.03. The van der Waals surface area contributed by atoms with E-state index in [0.29, 0.717) is 0 Å². The molecule has 0 amide bonds. The number of allylic oxidation sites excluding steroid dienone is 1. The van der Waals surface area contributed by atoms with E-state index in [9.17, 15) is 0 Å². The van der Waals surface area contributed by atoms with Crippen LogP contribution < -0.4 is 4.74 Å². The monoisotopic (exact) mass is 344 g/mol. The number of benzene rings is 1. The topological polar surface area (TPSA) is 9.23 Å². The molecule has 1 aromatic rings. The molecular formula is C24H40O. The molecule has 0 bridgehead atoms. The number of unbranched alkanes of at least 4 members (excludes halogenated alkanes) is 13. The van der Waals surface area contributed by atoms with Crippen LogP contribution in [0, 0.1) is 6.92 Å². The molecular weight excluding hydrogens is 304 g/mol. The summed E-state index contributed by atoms with van der Waals surface area (Å²) in [5.74, 6) is 0.962. The van der Waals surface area contributed by atoms with Crippen LogP contribution in [0.15, 0.2) is 36.6 Å². The third-order valence-corrected chi connectivity index (χ3v) is 4.86. The second-order valence-corrected chi connectivity index (χ2v) is 7.29. The number of rotatable bonds is 16. The normalized spacial score (nSPS) is 11.3. The molecule has 1 heteroatoms. The lowest BCUT2D eigenvalue weighted by Crippen LogP contribution is -1.85. The Kier molecular flexibility index (Phi) is 14.2. The summed E-state index contributed by atoms with van der Waals surface area (Å²) in [6.45, 7) is 4.37. The summed E-state index contributed by atoms with van der Waals surface area (Å²) in [6.07, 6.45) is 23.5. The van der Waals surface area contributed by atoms with Crippen molar-refractivity contribution in [2.45, 2.75) is 104 Å². The van der Waals surface area contributed by atoms with Crippen LogP contribution >= 0.6 is 0 Å². The van der Waals surface area contributed by atoms with Crippen LogP contribution in [-0.4, -0.2) is 0 Å². The van der Waals surface area contributed by atoms with Gasteiger partial charge in [-0.25, -0.2) is 0 Å².